The van der Waals surface area contributed by atoms with Crippen molar-refractivity contribution in [2.75, 3.05) is 28.3 Å². The summed E-state index contributed by atoms with van der Waals surface area (Å²) >= 11 is 6.76. The molecule has 6 rings (SSSR count). The first-order chi connectivity index (χ1) is 22.3. The van der Waals surface area contributed by atoms with Crippen LogP contribution in [0.15, 0.2) is 55.3 Å². The summed E-state index contributed by atoms with van der Waals surface area (Å²) in [6.07, 6.45) is -1.84. The molecular formula is C33H29ClF3N7O3. The number of para-hydroxylation sites is 1. The van der Waals surface area contributed by atoms with E-state index in [0.717, 1.165) is 28.2 Å². The molecule has 1 saturated heterocycles. The van der Waals surface area contributed by atoms with Crippen molar-refractivity contribution in [1.29, 1.82) is 5.26 Å². The summed E-state index contributed by atoms with van der Waals surface area (Å²) in [5.41, 5.74) is 2.27. The fourth-order valence-electron chi connectivity index (χ4n) is 6.80. The van der Waals surface area contributed by atoms with E-state index in [1.165, 1.54) is 17.9 Å². The lowest BCUT2D eigenvalue weighted by atomic mass is 9.95. The van der Waals surface area contributed by atoms with Crippen LogP contribution >= 0.6 is 11.6 Å². The van der Waals surface area contributed by atoms with Gasteiger partial charge in [0.05, 0.1) is 46.2 Å². The van der Waals surface area contributed by atoms with Gasteiger partial charge in [-0.1, -0.05) is 24.2 Å². The lowest BCUT2D eigenvalue weighted by molar-refractivity contribution is -0.137. The van der Waals surface area contributed by atoms with Gasteiger partial charge in [-0.15, -0.1) is 0 Å². The van der Waals surface area contributed by atoms with E-state index in [1.807, 2.05) is 11.0 Å². The van der Waals surface area contributed by atoms with E-state index in [0.29, 0.717) is 22.1 Å². The Morgan fingerprint density at radius 2 is 2.00 bits per heavy atom. The smallest absolute Gasteiger partial charge is 0.364 e. The molecule has 0 radical (unpaired) electrons. The average molecular weight is 664 g/mol. The minimum atomic E-state index is -4.67. The van der Waals surface area contributed by atoms with Crippen molar-refractivity contribution in [3.63, 3.8) is 0 Å². The molecule has 3 amide bonds. The third-order valence-corrected chi connectivity index (χ3v) is 9.14. The number of halogens is 4. The molecule has 0 unspecified atom stereocenters. The summed E-state index contributed by atoms with van der Waals surface area (Å²) in [5.74, 6) is -2.16. The number of nitriles is 1. The highest BCUT2D eigenvalue weighted by Gasteiger charge is 2.49. The van der Waals surface area contributed by atoms with E-state index < -0.39 is 41.6 Å². The molecule has 0 spiro atoms. The van der Waals surface area contributed by atoms with Crippen LogP contribution in [0.3, 0.4) is 0 Å². The van der Waals surface area contributed by atoms with E-state index in [2.05, 4.69) is 22.6 Å². The Labute approximate surface area is 273 Å². The molecule has 10 nitrogen and oxygen atoms in total. The highest BCUT2D eigenvalue weighted by Crippen LogP contribution is 2.44. The van der Waals surface area contributed by atoms with Gasteiger partial charge in [-0.25, -0.2) is 4.98 Å². The number of alkyl halides is 3. The van der Waals surface area contributed by atoms with Crippen molar-refractivity contribution in [2.24, 2.45) is 5.92 Å². The fraction of sp³-hybridized carbons (Fsp3) is 0.333. The number of aromatic nitrogens is 2. The quantitative estimate of drug-likeness (QED) is 0.339. The van der Waals surface area contributed by atoms with Crippen molar-refractivity contribution in [1.82, 2.24) is 14.9 Å². The number of fused-ring (bicyclic) bond motifs is 3. The van der Waals surface area contributed by atoms with Crippen LogP contribution in [-0.4, -0.2) is 52.2 Å². The van der Waals surface area contributed by atoms with E-state index in [-0.39, 0.29) is 49.9 Å². The van der Waals surface area contributed by atoms with Crippen LogP contribution < -0.4 is 14.7 Å². The molecule has 5 heterocycles. The molecule has 3 aliphatic rings. The van der Waals surface area contributed by atoms with E-state index in [9.17, 15) is 32.8 Å². The molecule has 47 heavy (non-hydrogen) atoms. The molecule has 1 aromatic carbocycles. The number of rotatable bonds is 5. The maximum absolute atomic E-state index is 14.1. The monoisotopic (exact) mass is 663 g/mol. The van der Waals surface area contributed by atoms with Crippen molar-refractivity contribution < 1.29 is 27.6 Å². The maximum Gasteiger partial charge on any atom is 0.416 e. The third-order valence-electron chi connectivity index (χ3n) is 8.83. The minimum Gasteiger partial charge on any atom is -0.364 e. The summed E-state index contributed by atoms with van der Waals surface area (Å²) in [4.78, 5) is 55.0. The second kappa shape index (κ2) is 12.0. The number of amides is 3. The normalized spacial score (nSPS) is 20.7. The number of hydrogen-bond donors (Lipinski definition) is 0. The van der Waals surface area contributed by atoms with Gasteiger partial charge < -0.3 is 14.7 Å². The van der Waals surface area contributed by atoms with Crippen LogP contribution in [-0.2, 0) is 33.6 Å². The van der Waals surface area contributed by atoms with Crippen LogP contribution in [0.1, 0.15) is 47.0 Å². The Morgan fingerprint density at radius 3 is 2.70 bits per heavy atom. The van der Waals surface area contributed by atoms with Gasteiger partial charge >= 0.3 is 6.18 Å². The molecular weight excluding hydrogens is 635 g/mol. The Kier molecular flexibility index (Phi) is 8.17. The highest BCUT2D eigenvalue weighted by molar-refractivity contribution is 6.34. The number of likely N-dealkylation sites (N-methyl/N-ethyl adjacent to an activating group) is 1. The largest absolute Gasteiger partial charge is 0.416 e. The van der Waals surface area contributed by atoms with Gasteiger partial charge in [-0.2, -0.15) is 18.4 Å². The molecule has 3 aromatic rings. The fourth-order valence-corrected chi connectivity index (χ4v) is 7.08. The second-order valence-corrected chi connectivity index (χ2v) is 12.3. The topological polar surface area (TPSA) is 114 Å². The number of anilines is 3. The zero-order valence-corrected chi connectivity index (χ0v) is 26.2. The molecule has 2 aromatic heterocycles. The molecule has 3 aliphatic heterocycles. The highest BCUT2D eigenvalue weighted by atomic mass is 35.5. The minimum absolute atomic E-state index is 0.0611. The molecule has 14 heteroatoms. The summed E-state index contributed by atoms with van der Waals surface area (Å²) < 4.78 is 41.2. The summed E-state index contributed by atoms with van der Waals surface area (Å²) in [6, 6.07) is 9.19. The van der Waals surface area contributed by atoms with Crippen molar-refractivity contribution >= 4 is 46.5 Å². The molecule has 0 N–H and O–H groups in total. The van der Waals surface area contributed by atoms with Crippen molar-refractivity contribution in [2.45, 2.75) is 51.1 Å². The summed E-state index contributed by atoms with van der Waals surface area (Å²) in [6.45, 7) is 5.63. The number of carbonyl (C=O) groups is 3. The van der Waals surface area contributed by atoms with Crippen LogP contribution in [0, 0.1) is 24.2 Å². The number of carbonyl (C=O) groups excluding carboxylic acids is 3. The Morgan fingerprint density at radius 1 is 1.23 bits per heavy atom. The van der Waals surface area contributed by atoms with Gasteiger partial charge in [0, 0.05) is 50.9 Å². The first-order valence-electron chi connectivity index (χ1n) is 14.8. The standard InChI is InChI=1S/C33H29ClF3N7O3/c1-4-27(45)43-17-20-11-19(14-39-29(20)24(43)8-9-38)15-42-16-21-12-28(46)44(26-13-22(33(35,36)37)10-18(2)40-26)30(21)32(47)41(3)25-7-5-6-23(34)31(25)42/h4-7,10-11,13-14,21,24,30H,1,8,12,15-17H2,2-3H3/t21-,24-,30+/m1/s1. The summed E-state index contributed by atoms with van der Waals surface area (Å²) in [5, 5.41) is 9.75. The van der Waals surface area contributed by atoms with Gasteiger partial charge in [0.25, 0.3) is 0 Å². The van der Waals surface area contributed by atoms with Crippen LogP contribution in [0.5, 0.6) is 0 Å². The van der Waals surface area contributed by atoms with E-state index in [4.69, 9.17) is 11.6 Å². The number of nitrogens with zero attached hydrogens (tertiary/aromatic N) is 7. The van der Waals surface area contributed by atoms with Gasteiger partial charge in [0.2, 0.25) is 17.7 Å². The van der Waals surface area contributed by atoms with Crippen molar-refractivity contribution in [3.8, 4) is 6.07 Å². The van der Waals surface area contributed by atoms with E-state index >= 15 is 0 Å². The number of benzene rings is 1. The van der Waals surface area contributed by atoms with Crippen LogP contribution in [0.4, 0.5) is 30.4 Å². The van der Waals surface area contributed by atoms with Gasteiger partial charge in [-0.3, -0.25) is 24.3 Å². The van der Waals surface area contributed by atoms with Gasteiger partial charge in [-0.05, 0) is 54.5 Å². The Balaban J connectivity index is 1.40. The predicted molar refractivity (Wildman–Crippen MR) is 167 cm³/mol. The molecule has 242 valence electrons. The molecule has 1 fully saturated rings. The maximum atomic E-state index is 14.1. The number of pyridine rings is 2. The SMILES string of the molecule is C=CC(=O)N1Cc2cc(CN3C[C@H]4CC(=O)N(c5cc(C(F)(F)F)cc(C)n5)[C@@H]4C(=O)N(C)c4cccc(Cl)c43)cnc2[C@H]1CC#N. The molecule has 0 aliphatic carbocycles. The van der Waals surface area contributed by atoms with E-state index in [1.54, 1.807) is 36.3 Å². The Bertz CT molecular complexity index is 1860. The lowest BCUT2D eigenvalue weighted by Crippen LogP contribution is -2.52. The molecule has 0 bridgehead atoms. The molecule has 3 atom stereocenters. The first-order valence-corrected chi connectivity index (χ1v) is 15.2. The van der Waals surface area contributed by atoms with Crippen LogP contribution in [0.25, 0.3) is 0 Å². The number of aryl methyl sites for hydroxylation is 1. The van der Waals surface area contributed by atoms with Gasteiger partial charge in [0.15, 0.2) is 0 Å². The lowest BCUT2D eigenvalue weighted by Gasteiger charge is -2.39. The Hall–Kier alpha value is -4.96. The van der Waals surface area contributed by atoms with Crippen molar-refractivity contribution in [3.05, 3.63) is 88.4 Å². The first kappa shape index (κ1) is 32.0. The molecule has 0 saturated carbocycles. The zero-order chi connectivity index (χ0) is 33.8. The summed E-state index contributed by atoms with van der Waals surface area (Å²) in [7, 11) is 1.54. The van der Waals surface area contributed by atoms with Crippen LogP contribution in [0.2, 0.25) is 5.02 Å². The zero-order valence-electron chi connectivity index (χ0n) is 25.5. The third kappa shape index (κ3) is 5.67. The average Bonchev–Trinajstić information content (AvgIpc) is 3.54. The van der Waals surface area contributed by atoms with Gasteiger partial charge in [0.1, 0.15) is 11.9 Å². The number of hydrogen-bond acceptors (Lipinski definition) is 7. The second-order valence-electron chi connectivity index (χ2n) is 11.8. The predicted octanol–water partition coefficient (Wildman–Crippen LogP) is 5.34.